The summed E-state index contributed by atoms with van der Waals surface area (Å²) in [6.07, 6.45) is 2.91. The molecule has 0 fully saturated rings. The van der Waals surface area contributed by atoms with E-state index in [4.69, 9.17) is 20.8 Å². The van der Waals surface area contributed by atoms with Gasteiger partial charge >= 0.3 is 5.97 Å². The molecule has 1 aromatic rings. The Labute approximate surface area is 110 Å². The van der Waals surface area contributed by atoms with Crippen molar-refractivity contribution in [3.63, 3.8) is 0 Å². The Hall–Kier alpha value is -1.62. The van der Waals surface area contributed by atoms with Gasteiger partial charge in [-0.1, -0.05) is 18.5 Å². The van der Waals surface area contributed by atoms with Crippen LogP contribution in [-0.4, -0.2) is 23.5 Å². The molecule has 0 saturated carbocycles. The lowest BCUT2D eigenvalue weighted by Gasteiger charge is -2.01. The van der Waals surface area contributed by atoms with Crippen molar-refractivity contribution in [2.24, 2.45) is 10.2 Å². The average Bonchev–Trinajstić information content (AvgIpc) is 2.83. The highest BCUT2D eigenvalue weighted by molar-refractivity contribution is 6.65. The van der Waals surface area contributed by atoms with Gasteiger partial charge in [0.25, 0.3) is 0 Å². The van der Waals surface area contributed by atoms with Gasteiger partial charge in [-0.2, -0.15) is 0 Å². The fraction of sp³-hybridized carbons (Fsp3) is 0.417. The van der Waals surface area contributed by atoms with Crippen LogP contribution in [0.1, 0.15) is 32.4 Å². The van der Waals surface area contributed by atoms with Gasteiger partial charge in [0.2, 0.25) is 5.71 Å². The molecular formula is C12H15ClN2O3. The van der Waals surface area contributed by atoms with Crippen molar-refractivity contribution in [1.82, 2.24) is 0 Å². The number of hydrogen-bond acceptors (Lipinski definition) is 5. The Morgan fingerprint density at radius 2 is 2.22 bits per heavy atom. The van der Waals surface area contributed by atoms with E-state index in [1.54, 1.807) is 19.1 Å². The first-order chi connectivity index (χ1) is 8.69. The molecule has 0 radical (unpaired) electrons. The van der Waals surface area contributed by atoms with E-state index >= 15 is 0 Å². The van der Waals surface area contributed by atoms with Crippen molar-refractivity contribution in [2.75, 3.05) is 6.61 Å². The standard InChI is InChI=1S/C12H15ClN2O3/c1-3-6-10(13)14-15-11(12(16)17-4-2)9-7-5-8-18-9/h5,7-8H,3-4,6H2,1-2H3. The normalized spacial score (nSPS) is 12.6. The first-order valence-electron chi connectivity index (χ1n) is 5.70. The maximum atomic E-state index is 11.7. The number of furan rings is 1. The molecule has 1 aromatic heterocycles. The molecule has 0 bridgehead atoms. The summed E-state index contributed by atoms with van der Waals surface area (Å²) < 4.78 is 9.99. The number of hydrogen-bond donors (Lipinski definition) is 0. The van der Waals surface area contributed by atoms with Crippen molar-refractivity contribution < 1.29 is 13.9 Å². The Bertz CT molecular complexity index is 438. The molecule has 98 valence electrons. The van der Waals surface area contributed by atoms with E-state index in [9.17, 15) is 4.79 Å². The molecule has 1 rings (SSSR count). The maximum Gasteiger partial charge on any atom is 0.362 e. The van der Waals surface area contributed by atoms with E-state index in [0.717, 1.165) is 6.42 Å². The van der Waals surface area contributed by atoms with Crippen LogP contribution < -0.4 is 0 Å². The molecule has 0 aliphatic carbocycles. The lowest BCUT2D eigenvalue weighted by atomic mass is 10.3. The van der Waals surface area contributed by atoms with Crippen LogP contribution in [0.4, 0.5) is 0 Å². The highest BCUT2D eigenvalue weighted by atomic mass is 35.5. The smallest absolute Gasteiger partial charge is 0.362 e. The van der Waals surface area contributed by atoms with Gasteiger partial charge in [-0.05, 0) is 25.5 Å². The zero-order valence-corrected chi connectivity index (χ0v) is 11.1. The van der Waals surface area contributed by atoms with E-state index in [-0.39, 0.29) is 12.3 Å². The van der Waals surface area contributed by atoms with Gasteiger partial charge in [-0.25, -0.2) is 4.79 Å². The van der Waals surface area contributed by atoms with E-state index in [0.29, 0.717) is 17.4 Å². The van der Waals surface area contributed by atoms with Crippen LogP contribution in [0.5, 0.6) is 0 Å². The summed E-state index contributed by atoms with van der Waals surface area (Å²) in [5.74, 6) is -0.282. The Kier molecular flexibility index (Phi) is 6.14. The summed E-state index contributed by atoms with van der Waals surface area (Å²) >= 11 is 5.83. The van der Waals surface area contributed by atoms with Crippen LogP contribution in [0, 0.1) is 0 Å². The average molecular weight is 271 g/mol. The third-order valence-electron chi connectivity index (χ3n) is 1.94. The zero-order valence-electron chi connectivity index (χ0n) is 10.4. The summed E-state index contributed by atoms with van der Waals surface area (Å²) in [4.78, 5) is 11.7. The number of esters is 1. The highest BCUT2D eigenvalue weighted by Gasteiger charge is 2.18. The molecule has 18 heavy (non-hydrogen) atoms. The van der Waals surface area contributed by atoms with Crippen molar-refractivity contribution in [3.8, 4) is 0 Å². The number of nitrogens with zero attached hydrogens (tertiary/aromatic N) is 2. The number of ether oxygens (including phenoxy) is 1. The molecule has 0 atom stereocenters. The van der Waals surface area contributed by atoms with E-state index in [1.807, 2.05) is 6.92 Å². The molecule has 0 saturated heterocycles. The topological polar surface area (TPSA) is 64.2 Å². The van der Waals surface area contributed by atoms with Gasteiger partial charge in [0.15, 0.2) is 5.76 Å². The second kappa shape index (κ2) is 7.66. The van der Waals surface area contributed by atoms with E-state index in [1.165, 1.54) is 6.26 Å². The minimum atomic E-state index is -0.586. The molecule has 0 aliphatic rings. The summed E-state index contributed by atoms with van der Waals surface area (Å²) in [5.41, 5.74) is 0.0103. The van der Waals surface area contributed by atoms with Gasteiger partial charge in [-0.3, -0.25) is 0 Å². The molecule has 1 heterocycles. The predicted octanol–water partition coefficient (Wildman–Crippen LogP) is 2.98. The number of carbonyl (C=O) groups is 1. The van der Waals surface area contributed by atoms with Crippen LogP contribution in [0.15, 0.2) is 33.0 Å². The SMILES string of the molecule is CCCC(Cl)=NN=C(C(=O)OCC)c1ccco1. The fourth-order valence-corrected chi connectivity index (χ4v) is 1.39. The highest BCUT2D eigenvalue weighted by Crippen LogP contribution is 2.06. The maximum absolute atomic E-state index is 11.7. The van der Waals surface area contributed by atoms with Crippen molar-refractivity contribution in [1.29, 1.82) is 0 Å². The third-order valence-corrected chi connectivity index (χ3v) is 2.20. The van der Waals surface area contributed by atoms with Gasteiger partial charge < -0.3 is 9.15 Å². The lowest BCUT2D eigenvalue weighted by Crippen LogP contribution is -2.18. The second-order valence-electron chi connectivity index (χ2n) is 3.37. The first-order valence-corrected chi connectivity index (χ1v) is 6.07. The van der Waals surface area contributed by atoms with E-state index < -0.39 is 5.97 Å². The molecule has 0 amide bonds. The molecule has 0 aromatic carbocycles. The van der Waals surface area contributed by atoms with E-state index in [2.05, 4.69) is 10.2 Å². The third kappa shape index (κ3) is 4.33. The molecule has 5 nitrogen and oxygen atoms in total. The first kappa shape index (κ1) is 14.4. The minimum absolute atomic E-state index is 0.0103. The minimum Gasteiger partial charge on any atom is -0.462 e. The number of carbonyl (C=O) groups excluding carboxylic acids is 1. The summed E-state index contributed by atoms with van der Waals surface area (Å²) in [6.45, 7) is 3.94. The monoisotopic (exact) mass is 270 g/mol. The summed E-state index contributed by atoms with van der Waals surface area (Å²) in [5, 5.41) is 7.93. The fourth-order valence-electron chi connectivity index (χ4n) is 1.16. The summed E-state index contributed by atoms with van der Waals surface area (Å²) in [7, 11) is 0. The Balaban J connectivity index is 2.94. The summed E-state index contributed by atoms with van der Waals surface area (Å²) in [6, 6.07) is 3.26. The zero-order chi connectivity index (χ0) is 13.4. The number of rotatable bonds is 6. The van der Waals surface area contributed by atoms with Crippen LogP contribution in [-0.2, 0) is 9.53 Å². The molecular weight excluding hydrogens is 256 g/mol. The van der Waals surface area contributed by atoms with Gasteiger partial charge in [0.1, 0.15) is 5.17 Å². The Morgan fingerprint density at radius 1 is 1.44 bits per heavy atom. The van der Waals surface area contributed by atoms with Crippen LogP contribution in [0.3, 0.4) is 0 Å². The molecule has 6 heteroatoms. The van der Waals surface area contributed by atoms with Gasteiger partial charge in [0.05, 0.1) is 12.9 Å². The number of halogens is 1. The van der Waals surface area contributed by atoms with Gasteiger partial charge in [0, 0.05) is 6.42 Å². The lowest BCUT2D eigenvalue weighted by molar-refractivity contribution is -0.135. The Morgan fingerprint density at radius 3 is 2.78 bits per heavy atom. The largest absolute Gasteiger partial charge is 0.462 e. The van der Waals surface area contributed by atoms with Crippen LogP contribution in [0.2, 0.25) is 0 Å². The predicted molar refractivity (Wildman–Crippen MR) is 70.1 cm³/mol. The quantitative estimate of drug-likeness (QED) is 0.453. The second-order valence-corrected chi connectivity index (χ2v) is 3.81. The van der Waals surface area contributed by atoms with Crippen molar-refractivity contribution in [2.45, 2.75) is 26.7 Å². The molecule has 0 N–H and O–H groups in total. The van der Waals surface area contributed by atoms with Gasteiger partial charge in [-0.15, -0.1) is 10.2 Å². The van der Waals surface area contributed by atoms with Crippen molar-refractivity contribution in [3.05, 3.63) is 24.2 Å². The van der Waals surface area contributed by atoms with Crippen molar-refractivity contribution >= 4 is 28.5 Å². The van der Waals surface area contributed by atoms with Crippen LogP contribution in [0.25, 0.3) is 0 Å². The molecule has 0 unspecified atom stereocenters. The van der Waals surface area contributed by atoms with Crippen LogP contribution >= 0.6 is 11.6 Å². The molecule has 0 aliphatic heterocycles. The molecule has 0 spiro atoms.